The van der Waals surface area contributed by atoms with Gasteiger partial charge in [0.2, 0.25) is 0 Å². The zero-order chi connectivity index (χ0) is 14.3. The van der Waals surface area contributed by atoms with E-state index in [4.69, 9.17) is 5.73 Å². The maximum absolute atomic E-state index is 12.4. The summed E-state index contributed by atoms with van der Waals surface area (Å²) in [5.74, 6) is -3.58. The lowest BCUT2D eigenvalue weighted by Gasteiger charge is -2.27. The molecule has 0 saturated carbocycles. The van der Waals surface area contributed by atoms with Gasteiger partial charge in [-0.25, -0.2) is 0 Å². The number of hydrogen-bond acceptors (Lipinski definition) is 2. The van der Waals surface area contributed by atoms with Gasteiger partial charge in [0.05, 0.1) is 9.83 Å². The standard InChI is InChI=1S/C8H5Br2F6NS/c9-2-1-3(18-6(2)10)4(17)5(7(11,12)13)8(14,15)16/h1,4-5H,17H2. The van der Waals surface area contributed by atoms with E-state index in [1.165, 1.54) is 0 Å². The molecule has 0 aliphatic rings. The molecule has 0 radical (unpaired) electrons. The van der Waals surface area contributed by atoms with Crippen LogP contribution in [-0.4, -0.2) is 12.4 Å². The molecule has 0 aromatic carbocycles. The van der Waals surface area contributed by atoms with Crippen LogP contribution in [0.5, 0.6) is 0 Å². The molecule has 1 atom stereocenters. The normalized spacial score (nSPS) is 15.2. The van der Waals surface area contributed by atoms with Gasteiger partial charge < -0.3 is 5.73 Å². The third kappa shape index (κ3) is 3.61. The number of alkyl halides is 6. The van der Waals surface area contributed by atoms with E-state index in [0.717, 1.165) is 17.4 Å². The van der Waals surface area contributed by atoms with Gasteiger partial charge in [0.1, 0.15) is 0 Å². The molecule has 0 saturated heterocycles. The van der Waals surface area contributed by atoms with Crippen molar-refractivity contribution in [2.24, 2.45) is 11.7 Å². The van der Waals surface area contributed by atoms with Crippen molar-refractivity contribution in [3.8, 4) is 0 Å². The van der Waals surface area contributed by atoms with E-state index >= 15 is 0 Å². The van der Waals surface area contributed by atoms with Gasteiger partial charge in [0.15, 0.2) is 5.92 Å². The Labute approximate surface area is 119 Å². The molecule has 0 fully saturated rings. The minimum absolute atomic E-state index is 0.201. The van der Waals surface area contributed by atoms with Crippen molar-refractivity contribution in [1.29, 1.82) is 0 Å². The van der Waals surface area contributed by atoms with E-state index in [0.29, 0.717) is 8.26 Å². The molecular weight excluding hydrogens is 416 g/mol. The van der Waals surface area contributed by atoms with Gasteiger partial charge in [-0.2, -0.15) is 26.3 Å². The largest absolute Gasteiger partial charge is 0.402 e. The average Bonchev–Trinajstić information content (AvgIpc) is 2.41. The number of hydrogen-bond donors (Lipinski definition) is 1. The molecule has 1 unspecified atom stereocenters. The lowest BCUT2D eigenvalue weighted by atomic mass is 9.98. The summed E-state index contributed by atoms with van der Waals surface area (Å²) in [4.78, 5) is -0.201. The predicted molar refractivity (Wildman–Crippen MR) is 62.2 cm³/mol. The molecule has 1 nitrogen and oxygen atoms in total. The molecule has 18 heavy (non-hydrogen) atoms. The lowest BCUT2D eigenvalue weighted by Crippen LogP contribution is -2.43. The fourth-order valence-corrected chi connectivity index (χ4v) is 3.41. The van der Waals surface area contributed by atoms with Crippen LogP contribution in [0.2, 0.25) is 0 Å². The minimum atomic E-state index is -5.44. The SMILES string of the molecule is NC(c1cc(Br)c(Br)s1)C(C(F)(F)F)C(F)(F)F. The topological polar surface area (TPSA) is 26.0 Å². The van der Waals surface area contributed by atoms with Crippen molar-refractivity contribution < 1.29 is 26.3 Å². The van der Waals surface area contributed by atoms with Crippen molar-refractivity contribution in [3.63, 3.8) is 0 Å². The summed E-state index contributed by atoms with van der Waals surface area (Å²) in [7, 11) is 0. The van der Waals surface area contributed by atoms with Crippen molar-refractivity contribution in [3.05, 3.63) is 19.2 Å². The van der Waals surface area contributed by atoms with Crippen LogP contribution in [0.4, 0.5) is 26.3 Å². The Kier molecular flexibility index (Phi) is 4.78. The lowest BCUT2D eigenvalue weighted by molar-refractivity contribution is -0.290. The summed E-state index contributed by atoms with van der Waals surface area (Å²) in [5, 5.41) is 0. The molecule has 0 aliphatic carbocycles. The molecule has 10 heteroatoms. The first-order valence-electron chi connectivity index (χ1n) is 4.28. The molecule has 1 heterocycles. The summed E-state index contributed by atoms with van der Waals surface area (Å²) >= 11 is 6.70. The van der Waals surface area contributed by atoms with Crippen LogP contribution in [0.3, 0.4) is 0 Å². The summed E-state index contributed by atoms with van der Waals surface area (Å²) < 4.78 is 75.4. The summed E-state index contributed by atoms with van der Waals surface area (Å²) in [6.45, 7) is 0. The van der Waals surface area contributed by atoms with Crippen LogP contribution >= 0.6 is 43.2 Å². The highest BCUT2D eigenvalue weighted by atomic mass is 79.9. The highest BCUT2D eigenvalue weighted by molar-refractivity contribution is 9.13. The van der Waals surface area contributed by atoms with Crippen LogP contribution < -0.4 is 5.73 Å². The molecule has 0 bridgehead atoms. The van der Waals surface area contributed by atoms with Gasteiger partial charge in [-0.3, -0.25) is 0 Å². The predicted octanol–water partition coefficient (Wildman–Crippen LogP) is 5.01. The summed E-state index contributed by atoms with van der Waals surface area (Å²) in [6.07, 6.45) is -10.9. The number of nitrogens with two attached hydrogens (primary N) is 1. The zero-order valence-corrected chi connectivity index (χ0v) is 12.2. The van der Waals surface area contributed by atoms with Gasteiger partial charge in [-0.15, -0.1) is 11.3 Å². The van der Waals surface area contributed by atoms with Crippen molar-refractivity contribution >= 4 is 43.2 Å². The number of halogens is 8. The Morgan fingerprint density at radius 2 is 1.50 bits per heavy atom. The maximum Gasteiger partial charge on any atom is 0.402 e. The van der Waals surface area contributed by atoms with E-state index < -0.39 is 24.3 Å². The molecule has 1 rings (SSSR count). The highest BCUT2D eigenvalue weighted by Crippen LogP contribution is 2.47. The minimum Gasteiger partial charge on any atom is -0.322 e. The Morgan fingerprint density at radius 3 is 1.78 bits per heavy atom. The summed E-state index contributed by atoms with van der Waals surface area (Å²) in [5.41, 5.74) is 5.12. The molecule has 104 valence electrons. The smallest absolute Gasteiger partial charge is 0.322 e. The van der Waals surface area contributed by atoms with Crippen molar-refractivity contribution in [2.75, 3.05) is 0 Å². The van der Waals surface area contributed by atoms with Gasteiger partial charge >= 0.3 is 12.4 Å². The fraction of sp³-hybridized carbons (Fsp3) is 0.500. The van der Waals surface area contributed by atoms with E-state index in [1.54, 1.807) is 0 Å². The Morgan fingerprint density at radius 1 is 1.06 bits per heavy atom. The maximum atomic E-state index is 12.4. The number of rotatable bonds is 2. The third-order valence-corrected chi connectivity index (χ3v) is 5.41. The molecule has 2 N–H and O–H groups in total. The van der Waals surface area contributed by atoms with E-state index in [2.05, 4.69) is 31.9 Å². The average molecular weight is 421 g/mol. The second-order valence-electron chi connectivity index (χ2n) is 3.36. The molecule has 0 spiro atoms. The monoisotopic (exact) mass is 419 g/mol. The van der Waals surface area contributed by atoms with Gasteiger partial charge in [0, 0.05) is 9.35 Å². The zero-order valence-electron chi connectivity index (χ0n) is 8.24. The fourth-order valence-electron chi connectivity index (χ4n) is 1.28. The van der Waals surface area contributed by atoms with Crippen LogP contribution in [-0.2, 0) is 0 Å². The van der Waals surface area contributed by atoms with Gasteiger partial charge in [0.25, 0.3) is 0 Å². The van der Waals surface area contributed by atoms with Gasteiger partial charge in [-0.1, -0.05) is 0 Å². The second-order valence-corrected chi connectivity index (χ2v) is 6.61. The highest BCUT2D eigenvalue weighted by Gasteiger charge is 2.60. The Bertz CT molecular complexity index is 393. The van der Waals surface area contributed by atoms with E-state index in [1.807, 2.05) is 0 Å². The van der Waals surface area contributed by atoms with E-state index in [9.17, 15) is 26.3 Å². The van der Waals surface area contributed by atoms with E-state index in [-0.39, 0.29) is 4.88 Å². The van der Waals surface area contributed by atoms with Gasteiger partial charge in [-0.05, 0) is 37.9 Å². The Balaban J connectivity index is 3.15. The quantitative estimate of drug-likeness (QED) is 0.668. The van der Waals surface area contributed by atoms with Crippen LogP contribution in [0.25, 0.3) is 0 Å². The molecular formula is C8H5Br2F6NS. The second kappa shape index (κ2) is 5.29. The molecule has 1 aromatic heterocycles. The molecule has 0 aliphatic heterocycles. The third-order valence-electron chi connectivity index (χ3n) is 2.06. The number of thiophene rings is 1. The van der Waals surface area contributed by atoms with Crippen LogP contribution in [0, 0.1) is 5.92 Å². The van der Waals surface area contributed by atoms with Crippen molar-refractivity contribution in [1.82, 2.24) is 0 Å². The van der Waals surface area contributed by atoms with Crippen LogP contribution in [0.15, 0.2) is 14.3 Å². The first-order valence-corrected chi connectivity index (χ1v) is 6.68. The first kappa shape index (κ1) is 16.3. The first-order chi connectivity index (χ1) is 7.94. The van der Waals surface area contributed by atoms with Crippen molar-refractivity contribution in [2.45, 2.75) is 18.4 Å². The molecule has 0 amide bonds. The van der Waals surface area contributed by atoms with Crippen LogP contribution in [0.1, 0.15) is 10.9 Å². The molecule has 1 aromatic rings. The Hall–Kier alpha value is 0.200. The summed E-state index contributed by atoms with van der Waals surface area (Å²) in [6, 6.07) is -1.04.